The number of hydrogen-bond donors (Lipinski definition) is 3. The van der Waals surface area contributed by atoms with Crippen molar-refractivity contribution < 1.29 is 4.79 Å². The third kappa shape index (κ3) is 3.01. The highest BCUT2D eigenvalue weighted by Crippen LogP contribution is 2.18. The van der Waals surface area contributed by atoms with Crippen LogP contribution in [0.1, 0.15) is 18.9 Å². The molecule has 4 heteroatoms. The van der Waals surface area contributed by atoms with E-state index in [1.165, 1.54) is 0 Å². The molecule has 0 aliphatic heterocycles. The molecule has 0 aliphatic rings. The third-order valence-corrected chi connectivity index (χ3v) is 3.38. The fourth-order valence-corrected chi connectivity index (χ4v) is 2.17. The van der Waals surface area contributed by atoms with E-state index in [2.05, 4.69) is 16.2 Å². The van der Waals surface area contributed by atoms with Gasteiger partial charge >= 0.3 is 0 Å². The summed E-state index contributed by atoms with van der Waals surface area (Å²) in [6.07, 6.45) is 8.41. The number of amides is 1. The molecule has 0 radical (unpaired) electrons. The van der Waals surface area contributed by atoms with E-state index in [4.69, 9.17) is 12.2 Å². The fraction of sp³-hybridized carbons (Fsp3) is 0.312. The van der Waals surface area contributed by atoms with Crippen LogP contribution >= 0.6 is 0 Å². The number of H-pyrrole nitrogens is 1. The number of aromatic amines is 1. The number of rotatable bonds is 5. The Morgan fingerprint density at radius 3 is 2.95 bits per heavy atom. The average Bonchev–Trinajstić information content (AvgIpc) is 2.87. The van der Waals surface area contributed by atoms with E-state index in [0.717, 1.165) is 16.5 Å². The Labute approximate surface area is 118 Å². The van der Waals surface area contributed by atoms with Gasteiger partial charge in [-0.15, -0.1) is 6.42 Å². The molecule has 1 unspecified atom stereocenters. The number of benzene rings is 1. The summed E-state index contributed by atoms with van der Waals surface area (Å²) in [5, 5.41) is 3.86. The lowest BCUT2D eigenvalue weighted by molar-refractivity contribution is -0.122. The molecule has 1 heterocycles. The maximum absolute atomic E-state index is 12.0. The number of para-hydroxylation sites is 1. The van der Waals surface area contributed by atoms with Gasteiger partial charge in [0.25, 0.3) is 0 Å². The van der Waals surface area contributed by atoms with Gasteiger partial charge in [0.05, 0.1) is 12.1 Å². The van der Waals surface area contributed by atoms with E-state index in [9.17, 15) is 4.79 Å². The number of carbonyl (C=O) groups is 1. The second-order valence-electron chi connectivity index (χ2n) is 4.81. The third-order valence-electron chi connectivity index (χ3n) is 3.38. The summed E-state index contributed by atoms with van der Waals surface area (Å²) >= 11 is 0. The van der Waals surface area contributed by atoms with E-state index in [1.54, 1.807) is 0 Å². The van der Waals surface area contributed by atoms with Crippen LogP contribution in [-0.4, -0.2) is 23.0 Å². The number of nitrogens with one attached hydrogen (secondary N) is 2. The first-order valence-electron chi connectivity index (χ1n) is 6.72. The van der Waals surface area contributed by atoms with Gasteiger partial charge in [0, 0.05) is 17.1 Å². The molecule has 4 nitrogen and oxygen atoms in total. The predicted octanol–water partition coefficient (Wildman–Crippen LogP) is 1.57. The average molecular weight is 269 g/mol. The first-order valence-corrected chi connectivity index (χ1v) is 6.72. The largest absolute Gasteiger partial charge is 0.361 e. The Balaban J connectivity index is 2.06. The number of fused-ring (bicyclic) bond motifs is 1. The molecule has 104 valence electrons. The van der Waals surface area contributed by atoms with E-state index < -0.39 is 6.04 Å². The molecule has 0 spiro atoms. The van der Waals surface area contributed by atoms with E-state index in [1.807, 2.05) is 37.4 Å². The topological polar surface area (TPSA) is 70.9 Å². The predicted molar refractivity (Wildman–Crippen MR) is 81.0 cm³/mol. The Morgan fingerprint density at radius 2 is 2.25 bits per heavy atom. The zero-order chi connectivity index (χ0) is 14.5. The second-order valence-corrected chi connectivity index (χ2v) is 4.81. The van der Waals surface area contributed by atoms with Crippen molar-refractivity contribution in [1.29, 1.82) is 0 Å². The van der Waals surface area contributed by atoms with E-state index >= 15 is 0 Å². The number of hydrogen-bond acceptors (Lipinski definition) is 2. The zero-order valence-corrected chi connectivity index (χ0v) is 11.5. The van der Waals surface area contributed by atoms with Crippen LogP contribution in [-0.2, 0) is 11.2 Å². The molecule has 1 aromatic heterocycles. The van der Waals surface area contributed by atoms with Gasteiger partial charge in [-0.05, 0) is 24.5 Å². The number of terminal acetylenes is 1. The molecule has 20 heavy (non-hydrogen) atoms. The van der Waals surface area contributed by atoms with Crippen LogP contribution in [0.3, 0.4) is 0 Å². The summed E-state index contributed by atoms with van der Waals surface area (Å²) in [5.41, 5.74) is 8.05. The van der Waals surface area contributed by atoms with Crippen molar-refractivity contribution in [3.8, 4) is 12.3 Å². The van der Waals surface area contributed by atoms with Crippen LogP contribution in [0.4, 0.5) is 0 Å². The summed E-state index contributed by atoms with van der Waals surface area (Å²) < 4.78 is 0. The van der Waals surface area contributed by atoms with E-state index in [0.29, 0.717) is 12.8 Å². The Bertz CT molecular complexity index is 638. The summed E-state index contributed by atoms with van der Waals surface area (Å²) in [6, 6.07) is 7.09. The van der Waals surface area contributed by atoms with Gasteiger partial charge in [0.1, 0.15) is 0 Å². The van der Waals surface area contributed by atoms with Crippen molar-refractivity contribution in [3.63, 3.8) is 0 Å². The molecule has 4 N–H and O–H groups in total. The highest BCUT2D eigenvalue weighted by molar-refractivity contribution is 5.86. The van der Waals surface area contributed by atoms with Gasteiger partial charge in [-0.1, -0.05) is 31.0 Å². The normalized spacial score (nSPS) is 13.7. The van der Waals surface area contributed by atoms with E-state index in [-0.39, 0.29) is 11.9 Å². The van der Waals surface area contributed by atoms with Crippen molar-refractivity contribution in [3.05, 3.63) is 36.0 Å². The molecule has 2 rings (SSSR count). The lowest BCUT2D eigenvalue weighted by Gasteiger charge is -2.15. The highest BCUT2D eigenvalue weighted by atomic mass is 16.2. The number of carbonyl (C=O) groups excluding carboxylic acids is 1. The molecule has 1 aromatic carbocycles. The Morgan fingerprint density at radius 1 is 1.50 bits per heavy atom. The van der Waals surface area contributed by atoms with Crippen LogP contribution in [0.5, 0.6) is 0 Å². The molecule has 1 amide bonds. The minimum Gasteiger partial charge on any atom is -0.361 e. The first-order chi connectivity index (χ1) is 9.65. The van der Waals surface area contributed by atoms with Crippen LogP contribution in [0.2, 0.25) is 0 Å². The minimum absolute atomic E-state index is 0.208. The molecule has 0 aliphatic carbocycles. The van der Waals surface area contributed by atoms with Crippen molar-refractivity contribution >= 4 is 16.8 Å². The zero-order valence-electron chi connectivity index (χ0n) is 11.5. The molecular formula is C16H19N3O. The van der Waals surface area contributed by atoms with Gasteiger partial charge in [0.15, 0.2) is 0 Å². The quantitative estimate of drug-likeness (QED) is 0.721. The van der Waals surface area contributed by atoms with Crippen molar-refractivity contribution in [2.24, 2.45) is 5.73 Å². The lowest BCUT2D eigenvalue weighted by atomic mass is 10.0. The van der Waals surface area contributed by atoms with Crippen LogP contribution < -0.4 is 11.1 Å². The maximum atomic E-state index is 12.0. The fourth-order valence-electron chi connectivity index (χ4n) is 2.17. The molecule has 0 fully saturated rings. The van der Waals surface area contributed by atoms with Gasteiger partial charge in [-0.2, -0.15) is 0 Å². The van der Waals surface area contributed by atoms with Gasteiger partial charge < -0.3 is 16.0 Å². The number of aromatic nitrogens is 1. The van der Waals surface area contributed by atoms with Crippen LogP contribution in [0, 0.1) is 12.3 Å². The van der Waals surface area contributed by atoms with Gasteiger partial charge in [0.2, 0.25) is 5.91 Å². The summed E-state index contributed by atoms with van der Waals surface area (Å²) in [5.74, 6) is 2.32. The molecule has 2 atom stereocenters. The van der Waals surface area contributed by atoms with Crippen molar-refractivity contribution in [1.82, 2.24) is 10.3 Å². The summed E-state index contributed by atoms with van der Waals surface area (Å²) in [4.78, 5) is 15.2. The summed E-state index contributed by atoms with van der Waals surface area (Å²) in [7, 11) is 0. The summed E-state index contributed by atoms with van der Waals surface area (Å²) in [6.45, 7) is 1.93. The van der Waals surface area contributed by atoms with Crippen LogP contribution in [0.15, 0.2) is 30.5 Å². The molecule has 0 saturated heterocycles. The Kier molecular flexibility index (Phi) is 4.44. The monoisotopic (exact) mass is 269 g/mol. The minimum atomic E-state index is -0.600. The highest BCUT2D eigenvalue weighted by Gasteiger charge is 2.17. The SMILES string of the molecule is C#CC(CC)NC(=O)[C@H](N)Cc1c[nH]c2ccccc12. The van der Waals surface area contributed by atoms with Crippen molar-refractivity contribution in [2.75, 3.05) is 0 Å². The van der Waals surface area contributed by atoms with Gasteiger partial charge in [-0.3, -0.25) is 4.79 Å². The Hall–Kier alpha value is -2.25. The van der Waals surface area contributed by atoms with Crippen molar-refractivity contribution in [2.45, 2.75) is 31.8 Å². The molecule has 2 aromatic rings. The number of nitrogens with two attached hydrogens (primary N) is 1. The molecular weight excluding hydrogens is 250 g/mol. The van der Waals surface area contributed by atoms with Crippen LogP contribution in [0.25, 0.3) is 10.9 Å². The second kappa shape index (κ2) is 6.27. The van der Waals surface area contributed by atoms with Gasteiger partial charge in [-0.25, -0.2) is 0 Å². The standard InChI is InChI=1S/C16H19N3O/c1-3-12(4-2)19-16(20)14(17)9-11-10-18-15-8-6-5-7-13(11)15/h1,5-8,10,12,14,18H,4,9,17H2,2H3,(H,19,20)/t12?,14-/m1/s1. The maximum Gasteiger partial charge on any atom is 0.238 e. The molecule has 0 bridgehead atoms. The lowest BCUT2D eigenvalue weighted by Crippen LogP contribution is -2.45. The first kappa shape index (κ1) is 14.2. The smallest absolute Gasteiger partial charge is 0.238 e. The molecule has 0 saturated carbocycles.